The van der Waals surface area contributed by atoms with E-state index in [1.54, 1.807) is 18.4 Å². The number of hydrogen-bond acceptors (Lipinski definition) is 5. The van der Waals surface area contributed by atoms with Gasteiger partial charge in [-0.1, -0.05) is 18.2 Å². The van der Waals surface area contributed by atoms with E-state index in [1.807, 2.05) is 36.4 Å². The van der Waals surface area contributed by atoms with Crippen LogP contribution in [-0.2, 0) is 0 Å². The Kier molecular flexibility index (Phi) is 3.12. The number of ether oxygens (including phenoxy) is 1. The van der Waals surface area contributed by atoms with Crippen molar-refractivity contribution in [3.63, 3.8) is 0 Å². The summed E-state index contributed by atoms with van der Waals surface area (Å²) in [5.41, 5.74) is 0.876. The summed E-state index contributed by atoms with van der Waals surface area (Å²) in [4.78, 5) is 0.980. The molecule has 0 aliphatic rings. The molecular weight excluding hydrogens is 296 g/mol. The second-order valence-electron chi connectivity index (χ2n) is 4.79. The normalized spacial score (nSPS) is 11.0. The van der Waals surface area contributed by atoms with Gasteiger partial charge in [-0.15, -0.1) is 21.5 Å². The van der Waals surface area contributed by atoms with Gasteiger partial charge in [-0.2, -0.15) is 0 Å². The summed E-state index contributed by atoms with van der Waals surface area (Å²) in [6, 6.07) is 17.8. The third-order valence-corrected chi connectivity index (χ3v) is 4.50. The van der Waals surface area contributed by atoms with Crippen LogP contribution in [0.1, 0.15) is 0 Å². The van der Waals surface area contributed by atoms with Gasteiger partial charge in [0.2, 0.25) is 5.89 Å². The van der Waals surface area contributed by atoms with Crippen LogP contribution in [0.5, 0.6) is 5.75 Å². The second kappa shape index (κ2) is 5.27. The predicted molar refractivity (Wildman–Crippen MR) is 87.1 cm³/mol. The van der Waals surface area contributed by atoms with Crippen molar-refractivity contribution in [2.45, 2.75) is 0 Å². The number of hydrogen-bond donors (Lipinski definition) is 0. The molecule has 0 unspecified atom stereocenters. The standard InChI is InChI=1S/C17H12N2O2S/c1-20-13-8-6-11(7-9-13)16-18-19-17(21-16)15-10-12-4-2-3-5-14(12)22-15/h2-10H,1H3. The molecule has 0 bridgehead atoms. The summed E-state index contributed by atoms with van der Waals surface area (Å²) in [5.74, 6) is 1.86. The van der Waals surface area contributed by atoms with E-state index in [2.05, 4.69) is 28.4 Å². The molecule has 4 nitrogen and oxygen atoms in total. The summed E-state index contributed by atoms with van der Waals surface area (Å²) in [6.07, 6.45) is 0. The lowest BCUT2D eigenvalue weighted by Gasteiger charge is -1.99. The van der Waals surface area contributed by atoms with Gasteiger partial charge < -0.3 is 9.15 Å². The first kappa shape index (κ1) is 13.0. The van der Waals surface area contributed by atoms with Gasteiger partial charge in [-0.3, -0.25) is 0 Å². The first-order valence-electron chi connectivity index (χ1n) is 6.80. The predicted octanol–water partition coefficient (Wildman–Crippen LogP) is 4.63. The molecule has 0 aliphatic carbocycles. The lowest BCUT2D eigenvalue weighted by atomic mass is 10.2. The molecule has 2 aromatic heterocycles. The van der Waals surface area contributed by atoms with Gasteiger partial charge in [0, 0.05) is 10.3 Å². The lowest BCUT2D eigenvalue weighted by Crippen LogP contribution is -1.82. The largest absolute Gasteiger partial charge is 0.497 e. The van der Waals surface area contributed by atoms with E-state index in [0.29, 0.717) is 11.8 Å². The van der Waals surface area contributed by atoms with Crippen molar-refractivity contribution in [3.05, 3.63) is 54.6 Å². The fourth-order valence-corrected chi connectivity index (χ4v) is 3.24. The minimum absolute atomic E-state index is 0.509. The number of aromatic nitrogens is 2. The molecule has 0 atom stereocenters. The maximum atomic E-state index is 5.81. The van der Waals surface area contributed by atoms with Gasteiger partial charge in [0.05, 0.1) is 12.0 Å². The molecule has 108 valence electrons. The number of thiophene rings is 1. The smallest absolute Gasteiger partial charge is 0.258 e. The van der Waals surface area contributed by atoms with Gasteiger partial charge in [0.15, 0.2) is 0 Å². The van der Waals surface area contributed by atoms with Crippen LogP contribution in [0.4, 0.5) is 0 Å². The Hall–Kier alpha value is -2.66. The van der Waals surface area contributed by atoms with Crippen LogP contribution in [0.3, 0.4) is 0 Å². The zero-order chi connectivity index (χ0) is 14.9. The molecule has 0 saturated heterocycles. The molecule has 2 heterocycles. The zero-order valence-electron chi connectivity index (χ0n) is 11.8. The first-order valence-corrected chi connectivity index (χ1v) is 7.62. The average molecular weight is 308 g/mol. The van der Waals surface area contributed by atoms with E-state index in [4.69, 9.17) is 9.15 Å². The molecule has 2 aromatic carbocycles. The molecule has 22 heavy (non-hydrogen) atoms. The van der Waals surface area contributed by atoms with Crippen molar-refractivity contribution in [3.8, 4) is 28.0 Å². The minimum atomic E-state index is 0.509. The molecule has 0 spiro atoms. The highest BCUT2D eigenvalue weighted by atomic mass is 32.1. The fourth-order valence-electron chi connectivity index (χ4n) is 2.26. The molecular formula is C17H12N2O2S. The molecule has 0 radical (unpaired) electrons. The maximum absolute atomic E-state index is 5.81. The highest BCUT2D eigenvalue weighted by Crippen LogP contribution is 2.34. The molecule has 0 saturated carbocycles. The van der Waals surface area contributed by atoms with Crippen LogP contribution < -0.4 is 4.74 Å². The van der Waals surface area contributed by atoms with Crippen molar-refractivity contribution < 1.29 is 9.15 Å². The molecule has 4 rings (SSSR count). The Balaban J connectivity index is 1.70. The van der Waals surface area contributed by atoms with Gasteiger partial charge in [-0.25, -0.2) is 0 Å². The topological polar surface area (TPSA) is 48.2 Å². The van der Waals surface area contributed by atoms with Gasteiger partial charge in [0.1, 0.15) is 5.75 Å². The number of methoxy groups -OCH3 is 1. The molecule has 5 heteroatoms. The van der Waals surface area contributed by atoms with E-state index in [-0.39, 0.29) is 0 Å². The van der Waals surface area contributed by atoms with Crippen LogP contribution >= 0.6 is 11.3 Å². The summed E-state index contributed by atoms with van der Waals surface area (Å²) >= 11 is 1.65. The van der Waals surface area contributed by atoms with Crippen LogP contribution in [0.15, 0.2) is 59.0 Å². The van der Waals surface area contributed by atoms with Crippen molar-refractivity contribution in [1.82, 2.24) is 10.2 Å². The summed E-state index contributed by atoms with van der Waals surface area (Å²) in [6.45, 7) is 0. The monoisotopic (exact) mass is 308 g/mol. The van der Waals surface area contributed by atoms with Crippen LogP contribution in [0.2, 0.25) is 0 Å². The van der Waals surface area contributed by atoms with E-state index in [1.165, 1.54) is 10.1 Å². The van der Waals surface area contributed by atoms with E-state index < -0.39 is 0 Å². The second-order valence-corrected chi connectivity index (χ2v) is 5.87. The third kappa shape index (κ3) is 2.25. The van der Waals surface area contributed by atoms with E-state index >= 15 is 0 Å². The Morgan fingerprint density at radius 1 is 0.955 bits per heavy atom. The van der Waals surface area contributed by atoms with Crippen molar-refractivity contribution >= 4 is 21.4 Å². The lowest BCUT2D eigenvalue weighted by molar-refractivity contribution is 0.415. The Labute approximate surface area is 131 Å². The Morgan fingerprint density at radius 2 is 1.73 bits per heavy atom. The quantitative estimate of drug-likeness (QED) is 0.554. The van der Waals surface area contributed by atoms with Gasteiger partial charge in [-0.05, 0) is 41.8 Å². The third-order valence-electron chi connectivity index (χ3n) is 3.40. The Morgan fingerprint density at radius 3 is 2.50 bits per heavy atom. The molecule has 0 N–H and O–H groups in total. The van der Waals surface area contributed by atoms with Crippen LogP contribution in [0.25, 0.3) is 32.3 Å². The highest BCUT2D eigenvalue weighted by Gasteiger charge is 2.13. The minimum Gasteiger partial charge on any atom is -0.497 e. The van der Waals surface area contributed by atoms with Crippen LogP contribution in [0, 0.1) is 0 Å². The summed E-state index contributed by atoms with van der Waals surface area (Å²) in [7, 11) is 1.64. The Bertz CT molecular complexity index is 892. The van der Waals surface area contributed by atoms with Crippen molar-refractivity contribution in [2.75, 3.05) is 7.11 Å². The average Bonchev–Trinajstić information content (AvgIpc) is 3.21. The van der Waals surface area contributed by atoms with E-state index in [9.17, 15) is 0 Å². The molecule has 0 amide bonds. The SMILES string of the molecule is COc1ccc(-c2nnc(-c3cc4ccccc4s3)o2)cc1. The molecule has 0 aliphatic heterocycles. The highest BCUT2D eigenvalue weighted by molar-refractivity contribution is 7.22. The molecule has 0 fully saturated rings. The molecule has 4 aromatic rings. The van der Waals surface area contributed by atoms with Gasteiger partial charge in [0.25, 0.3) is 5.89 Å². The number of rotatable bonds is 3. The van der Waals surface area contributed by atoms with Gasteiger partial charge >= 0.3 is 0 Å². The number of fused-ring (bicyclic) bond motifs is 1. The first-order chi connectivity index (χ1) is 10.8. The maximum Gasteiger partial charge on any atom is 0.258 e. The fraction of sp³-hybridized carbons (Fsp3) is 0.0588. The summed E-state index contributed by atoms with van der Waals surface area (Å²) in [5, 5.41) is 9.49. The van der Waals surface area contributed by atoms with Crippen molar-refractivity contribution in [1.29, 1.82) is 0 Å². The zero-order valence-corrected chi connectivity index (χ0v) is 12.6. The summed E-state index contributed by atoms with van der Waals surface area (Å²) < 4.78 is 12.2. The van der Waals surface area contributed by atoms with E-state index in [0.717, 1.165) is 16.2 Å². The number of nitrogens with zero attached hydrogens (tertiary/aromatic N) is 2. The van der Waals surface area contributed by atoms with Crippen molar-refractivity contribution in [2.24, 2.45) is 0 Å². The number of benzene rings is 2. The van der Waals surface area contributed by atoms with Crippen LogP contribution in [-0.4, -0.2) is 17.3 Å².